The van der Waals surface area contributed by atoms with Crippen molar-refractivity contribution in [3.05, 3.63) is 35.4 Å². The number of likely N-dealkylation sites (tertiary alicyclic amines) is 1. The van der Waals surface area contributed by atoms with Crippen molar-refractivity contribution < 1.29 is 9.90 Å². The molecule has 0 spiro atoms. The van der Waals surface area contributed by atoms with Gasteiger partial charge in [-0.1, -0.05) is 37.6 Å². The number of unbranched alkanes of at least 4 members (excludes halogenated alkanes) is 1. The number of aryl methyl sites for hydroxylation is 1. The molecular formula is C17H25NO2. The van der Waals surface area contributed by atoms with Crippen LogP contribution in [0, 0.1) is 0 Å². The maximum Gasteiger partial charge on any atom is 0.321 e. The van der Waals surface area contributed by atoms with Crippen LogP contribution in [0.2, 0.25) is 0 Å². The van der Waals surface area contributed by atoms with Gasteiger partial charge in [-0.05, 0) is 56.3 Å². The standard InChI is InChI=1S/C17H25NO2/c1-2-3-6-14-7-9-15(10-8-14)13-16(17(19)20)18-11-4-5-12-18/h7-10,16H,2-6,11-13H2,1H3,(H,19,20). The van der Waals surface area contributed by atoms with Gasteiger partial charge in [-0.3, -0.25) is 9.69 Å². The van der Waals surface area contributed by atoms with Gasteiger partial charge < -0.3 is 5.11 Å². The highest BCUT2D eigenvalue weighted by Crippen LogP contribution is 2.17. The van der Waals surface area contributed by atoms with Crippen LogP contribution in [-0.2, 0) is 17.6 Å². The summed E-state index contributed by atoms with van der Waals surface area (Å²) in [5, 5.41) is 9.42. The Hall–Kier alpha value is -1.35. The number of hydrogen-bond acceptors (Lipinski definition) is 2. The molecule has 1 saturated heterocycles. The summed E-state index contributed by atoms with van der Waals surface area (Å²) in [6, 6.07) is 8.12. The Morgan fingerprint density at radius 2 is 1.80 bits per heavy atom. The number of nitrogens with zero attached hydrogens (tertiary/aromatic N) is 1. The lowest BCUT2D eigenvalue weighted by Gasteiger charge is -2.23. The smallest absolute Gasteiger partial charge is 0.321 e. The Labute approximate surface area is 121 Å². The summed E-state index contributed by atoms with van der Waals surface area (Å²) in [6.45, 7) is 4.04. The summed E-state index contributed by atoms with van der Waals surface area (Å²) in [5.74, 6) is -0.693. The van der Waals surface area contributed by atoms with Crippen molar-refractivity contribution in [2.24, 2.45) is 0 Å². The molecule has 0 aliphatic carbocycles. The van der Waals surface area contributed by atoms with E-state index in [0.29, 0.717) is 6.42 Å². The number of rotatable bonds is 7. The molecule has 1 unspecified atom stereocenters. The second kappa shape index (κ2) is 7.44. The van der Waals surface area contributed by atoms with E-state index in [1.807, 2.05) is 0 Å². The number of aliphatic carboxylic acids is 1. The predicted molar refractivity (Wildman–Crippen MR) is 81.0 cm³/mol. The Kier molecular flexibility index (Phi) is 5.60. The molecule has 1 aromatic rings. The average Bonchev–Trinajstić information content (AvgIpc) is 2.97. The van der Waals surface area contributed by atoms with E-state index in [1.54, 1.807) is 0 Å². The molecule has 1 N–H and O–H groups in total. The van der Waals surface area contributed by atoms with E-state index in [0.717, 1.165) is 37.9 Å². The minimum Gasteiger partial charge on any atom is -0.480 e. The Balaban J connectivity index is 1.97. The van der Waals surface area contributed by atoms with Crippen LogP contribution in [0.1, 0.15) is 43.7 Å². The van der Waals surface area contributed by atoms with Crippen molar-refractivity contribution in [2.45, 2.75) is 51.5 Å². The maximum atomic E-state index is 11.5. The van der Waals surface area contributed by atoms with E-state index in [1.165, 1.54) is 18.4 Å². The monoisotopic (exact) mass is 275 g/mol. The van der Waals surface area contributed by atoms with E-state index < -0.39 is 5.97 Å². The van der Waals surface area contributed by atoms with Gasteiger partial charge in [0.1, 0.15) is 6.04 Å². The van der Waals surface area contributed by atoms with Crippen LogP contribution in [0.4, 0.5) is 0 Å². The van der Waals surface area contributed by atoms with Crippen LogP contribution >= 0.6 is 0 Å². The van der Waals surface area contributed by atoms with Gasteiger partial charge >= 0.3 is 5.97 Å². The molecule has 1 aromatic carbocycles. The number of benzene rings is 1. The summed E-state index contributed by atoms with van der Waals surface area (Å²) in [7, 11) is 0. The van der Waals surface area contributed by atoms with Crippen LogP contribution in [-0.4, -0.2) is 35.1 Å². The third-order valence-corrected chi connectivity index (χ3v) is 4.14. The predicted octanol–water partition coefficient (Wildman–Crippen LogP) is 3.12. The van der Waals surface area contributed by atoms with Crippen LogP contribution in [0.15, 0.2) is 24.3 Å². The molecule has 1 fully saturated rings. The molecule has 1 heterocycles. The molecule has 0 saturated carbocycles. The van der Waals surface area contributed by atoms with Gasteiger partial charge in [-0.15, -0.1) is 0 Å². The first-order valence-electron chi connectivity index (χ1n) is 7.75. The van der Waals surface area contributed by atoms with Crippen LogP contribution in [0.5, 0.6) is 0 Å². The molecule has 110 valence electrons. The topological polar surface area (TPSA) is 40.5 Å². The minimum absolute atomic E-state index is 0.362. The zero-order chi connectivity index (χ0) is 14.4. The SMILES string of the molecule is CCCCc1ccc(CC(C(=O)O)N2CCCC2)cc1. The Morgan fingerprint density at radius 1 is 1.20 bits per heavy atom. The molecule has 1 aliphatic heterocycles. The van der Waals surface area contributed by atoms with Crippen molar-refractivity contribution in [3.63, 3.8) is 0 Å². The molecule has 1 aliphatic rings. The van der Waals surface area contributed by atoms with Gasteiger partial charge in [-0.25, -0.2) is 0 Å². The van der Waals surface area contributed by atoms with Gasteiger partial charge in [-0.2, -0.15) is 0 Å². The summed E-state index contributed by atoms with van der Waals surface area (Å²) in [6.07, 6.45) is 6.40. The molecule has 20 heavy (non-hydrogen) atoms. The largest absolute Gasteiger partial charge is 0.480 e. The van der Waals surface area contributed by atoms with Gasteiger partial charge in [0.25, 0.3) is 0 Å². The van der Waals surface area contributed by atoms with Crippen molar-refractivity contribution in [1.29, 1.82) is 0 Å². The number of carboxylic acid groups (broad SMARTS) is 1. The number of carboxylic acids is 1. The van der Waals surface area contributed by atoms with E-state index in [9.17, 15) is 9.90 Å². The first-order chi connectivity index (χ1) is 9.70. The zero-order valence-corrected chi connectivity index (χ0v) is 12.3. The molecule has 3 nitrogen and oxygen atoms in total. The lowest BCUT2D eigenvalue weighted by Crippen LogP contribution is -2.40. The fraction of sp³-hybridized carbons (Fsp3) is 0.588. The van der Waals surface area contributed by atoms with E-state index in [4.69, 9.17) is 0 Å². The molecule has 2 rings (SSSR count). The zero-order valence-electron chi connectivity index (χ0n) is 12.3. The molecule has 0 amide bonds. The van der Waals surface area contributed by atoms with E-state index >= 15 is 0 Å². The van der Waals surface area contributed by atoms with E-state index in [2.05, 4.69) is 36.1 Å². The summed E-state index contributed by atoms with van der Waals surface area (Å²) < 4.78 is 0. The second-order valence-electron chi connectivity index (χ2n) is 5.72. The normalized spacial score (nSPS) is 17.2. The first-order valence-corrected chi connectivity index (χ1v) is 7.75. The molecule has 0 aromatic heterocycles. The second-order valence-corrected chi connectivity index (χ2v) is 5.72. The maximum absolute atomic E-state index is 11.5. The first kappa shape index (κ1) is 15.0. The average molecular weight is 275 g/mol. The van der Waals surface area contributed by atoms with Crippen LogP contribution in [0.3, 0.4) is 0 Å². The van der Waals surface area contributed by atoms with Crippen LogP contribution < -0.4 is 0 Å². The van der Waals surface area contributed by atoms with E-state index in [-0.39, 0.29) is 6.04 Å². The lowest BCUT2D eigenvalue weighted by molar-refractivity contribution is -0.142. The van der Waals surface area contributed by atoms with Gasteiger partial charge in [0, 0.05) is 0 Å². The van der Waals surface area contributed by atoms with Gasteiger partial charge in [0.05, 0.1) is 0 Å². The third kappa shape index (κ3) is 4.07. The molecule has 1 atom stereocenters. The fourth-order valence-corrected chi connectivity index (χ4v) is 2.87. The highest BCUT2D eigenvalue weighted by Gasteiger charge is 2.27. The number of hydrogen-bond donors (Lipinski definition) is 1. The summed E-state index contributed by atoms with van der Waals surface area (Å²) >= 11 is 0. The quantitative estimate of drug-likeness (QED) is 0.831. The molecule has 0 bridgehead atoms. The van der Waals surface area contributed by atoms with Crippen molar-refractivity contribution in [3.8, 4) is 0 Å². The van der Waals surface area contributed by atoms with Crippen molar-refractivity contribution >= 4 is 5.97 Å². The van der Waals surface area contributed by atoms with Gasteiger partial charge in [0.15, 0.2) is 0 Å². The summed E-state index contributed by atoms with van der Waals surface area (Å²) in [5.41, 5.74) is 2.48. The number of carbonyl (C=O) groups is 1. The third-order valence-electron chi connectivity index (χ3n) is 4.14. The van der Waals surface area contributed by atoms with Gasteiger partial charge in [0.2, 0.25) is 0 Å². The minimum atomic E-state index is -0.693. The van der Waals surface area contributed by atoms with Crippen molar-refractivity contribution in [1.82, 2.24) is 4.90 Å². The Morgan fingerprint density at radius 3 is 2.35 bits per heavy atom. The summed E-state index contributed by atoms with van der Waals surface area (Å²) in [4.78, 5) is 13.6. The highest BCUT2D eigenvalue weighted by molar-refractivity contribution is 5.74. The molecule has 0 radical (unpaired) electrons. The highest BCUT2D eigenvalue weighted by atomic mass is 16.4. The fourth-order valence-electron chi connectivity index (χ4n) is 2.87. The van der Waals surface area contributed by atoms with Crippen LogP contribution in [0.25, 0.3) is 0 Å². The molecular weight excluding hydrogens is 250 g/mol. The Bertz CT molecular complexity index is 421. The van der Waals surface area contributed by atoms with Crippen molar-refractivity contribution in [2.75, 3.05) is 13.1 Å². The lowest BCUT2D eigenvalue weighted by atomic mass is 10.0. The molecule has 3 heteroatoms.